The molecule has 0 aliphatic rings. The van der Waals surface area contributed by atoms with E-state index in [2.05, 4.69) is 5.32 Å². The summed E-state index contributed by atoms with van der Waals surface area (Å²) in [7, 11) is 0. The second-order valence-electron chi connectivity index (χ2n) is 5.53. The third-order valence-corrected chi connectivity index (χ3v) is 4.71. The van der Waals surface area contributed by atoms with Gasteiger partial charge in [-0.15, -0.1) is 11.3 Å². The van der Waals surface area contributed by atoms with Gasteiger partial charge in [-0.3, -0.25) is 0 Å². The van der Waals surface area contributed by atoms with Crippen molar-refractivity contribution >= 4 is 23.1 Å². The van der Waals surface area contributed by atoms with E-state index in [9.17, 15) is 8.78 Å². The summed E-state index contributed by atoms with van der Waals surface area (Å²) in [6.45, 7) is 6.49. The SMILES string of the molecule is CC(C)(C)NCc1cc(F)c(Sc2cccs2)c(F)c1. The quantitative estimate of drug-likeness (QED) is 0.846. The molecule has 108 valence electrons. The molecule has 0 radical (unpaired) electrons. The molecule has 1 aromatic carbocycles. The van der Waals surface area contributed by atoms with Crippen molar-refractivity contribution in [1.29, 1.82) is 0 Å². The zero-order valence-electron chi connectivity index (χ0n) is 11.7. The second-order valence-corrected chi connectivity index (χ2v) is 7.78. The maximum atomic E-state index is 14.0. The van der Waals surface area contributed by atoms with E-state index in [1.807, 2.05) is 38.3 Å². The van der Waals surface area contributed by atoms with Crippen molar-refractivity contribution in [2.75, 3.05) is 0 Å². The Kier molecular flexibility index (Phi) is 4.83. The van der Waals surface area contributed by atoms with Crippen molar-refractivity contribution in [3.63, 3.8) is 0 Å². The first-order valence-electron chi connectivity index (χ1n) is 6.29. The van der Waals surface area contributed by atoms with Crippen LogP contribution in [-0.4, -0.2) is 5.54 Å². The maximum Gasteiger partial charge on any atom is 0.140 e. The molecule has 1 heterocycles. The summed E-state index contributed by atoms with van der Waals surface area (Å²) in [6.07, 6.45) is 0. The Morgan fingerprint density at radius 2 is 1.85 bits per heavy atom. The topological polar surface area (TPSA) is 12.0 Å². The second kappa shape index (κ2) is 6.24. The van der Waals surface area contributed by atoms with Gasteiger partial charge < -0.3 is 5.32 Å². The lowest BCUT2D eigenvalue weighted by atomic mass is 10.1. The van der Waals surface area contributed by atoms with Gasteiger partial charge in [-0.1, -0.05) is 17.8 Å². The van der Waals surface area contributed by atoms with Crippen molar-refractivity contribution < 1.29 is 8.78 Å². The van der Waals surface area contributed by atoms with E-state index < -0.39 is 11.6 Å². The van der Waals surface area contributed by atoms with Crippen LogP contribution in [0.2, 0.25) is 0 Å². The maximum absolute atomic E-state index is 14.0. The van der Waals surface area contributed by atoms with Crippen LogP contribution in [0.3, 0.4) is 0 Å². The van der Waals surface area contributed by atoms with Gasteiger partial charge in [0.2, 0.25) is 0 Å². The Bertz CT molecular complexity index is 551. The lowest BCUT2D eigenvalue weighted by molar-refractivity contribution is 0.422. The molecular weight excluding hydrogens is 296 g/mol. The van der Waals surface area contributed by atoms with Crippen LogP contribution < -0.4 is 5.32 Å². The zero-order chi connectivity index (χ0) is 14.8. The fraction of sp³-hybridized carbons (Fsp3) is 0.333. The molecule has 1 N–H and O–H groups in total. The monoisotopic (exact) mass is 313 g/mol. The number of hydrogen-bond acceptors (Lipinski definition) is 3. The molecule has 0 atom stereocenters. The van der Waals surface area contributed by atoms with E-state index in [4.69, 9.17) is 0 Å². The van der Waals surface area contributed by atoms with Gasteiger partial charge in [0.05, 0.1) is 9.10 Å². The molecule has 2 rings (SSSR count). The van der Waals surface area contributed by atoms with Crippen molar-refractivity contribution in [2.24, 2.45) is 0 Å². The highest BCUT2D eigenvalue weighted by molar-refractivity contribution is 8.01. The highest BCUT2D eigenvalue weighted by atomic mass is 32.2. The predicted octanol–water partition coefficient (Wildman–Crippen LogP) is 5.07. The van der Waals surface area contributed by atoms with E-state index in [0.29, 0.717) is 12.1 Å². The molecule has 0 saturated carbocycles. The van der Waals surface area contributed by atoms with Gasteiger partial charge in [0.25, 0.3) is 0 Å². The van der Waals surface area contributed by atoms with Crippen molar-refractivity contribution in [1.82, 2.24) is 5.32 Å². The average molecular weight is 313 g/mol. The third kappa shape index (κ3) is 4.30. The summed E-state index contributed by atoms with van der Waals surface area (Å²) >= 11 is 2.60. The Labute approximate surface area is 126 Å². The molecular formula is C15H17F2NS2. The Hall–Kier alpha value is -0.910. The molecule has 0 unspecified atom stereocenters. The van der Waals surface area contributed by atoms with Crippen LogP contribution in [-0.2, 0) is 6.54 Å². The number of halogens is 2. The van der Waals surface area contributed by atoms with E-state index in [-0.39, 0.29) is 10.4 Å². The van der Waals surface area contributed by atoms with Crippen LogP contribution in [0, 0.1) is 11.6 Å². The number of thiophene rings is 1. The number of nitrogens with one attached hydrogen (secondary N) is 1. The standard InChI is InChI=1S/C15H17F2NS2/c1-15(2,3)18-9-10-7-11(16)14(12(17)8-10)20-13-5-4-6-19-13/h4-8,18H,9H2,1-3H3. The minimum atomic E-state index is -0.505. The van der Waals surface area contributed by atoms with Gasteiger partial charge >= 0.3 is 0 Å². The molecule has 1 aromatic heterocycles. The summed E-state index contributed by atoms with van der Waals surface area (Å²) in [5.41, 5.74) is 0.530. The largest absolute Gasteiger partial charge is 0.308 e. The number of benzene rings is 1. The normalized spacial score (nSPS) is 11.8. The average Bonchev–Trinajstić information content (AvgIpc) is 2.83. The molecule has 0 saturated heterocycles. The first-order valence-corrected chi connectivity index (χ1v) is 7.99. The van der Waals surface area contributed by atoms with Crippen molar-refractivity contribution in [3.8, 4) is 0 Å². The van der Waals surface area contributed by atoms with Crippen LogP contribution in [0.5, 0.6) is 0 Å². The van der Waals surface area contributed by atoms with Crippen LogP contribution in [0.1, 0.15) is 26.3 Å². The predicted molar refractivity (Wildman–Crippen MR) is 81.4 cm³/mol. The minimum absolute atomic E-state index is 0.0620. The first kappa shape index (κ1) is 15.5. The summed E-state index contributed by atoms with van der Waals surface area (Å²) in [4.78, 5) is 0.0620. The highest BCUT2D eigenvalue weighted by Gasteiger charge is 2.15. The van der Waals surface area contributed by atoms with E-state index in [1.165, 1.54) is 23.5 Å². The summed E-state index contributed by atoms with van der Waals surface area (Å²) in [5.74, 6) is -1.01. The van der Waals surface area contributed by atoms with E-state index in [1.54, 1.807) is 0 Å². The van der Waals surface area contributed by atoms with Gasteiger partial charge in [0.15, 0.2) is 0 Å². The Morgan fingerprint density at radius 1 is 1.20 bits per heavy atom. The lowest BCUT2D eigenvalue weighted by Crippen LogP contribution is -2.35. The molecule has 0 aliphatic heterocycles. The van der Waals surface area contributed by atoms with Gasteiger partial charge in [0, 0.05) is 12.1 Å². The van der Waals surface area contributed by atoms with Crippen molar-refractivity contribution in [3.05, 3.63) is 46.8 Å². The summed E-state index contributed by atoms with van der Waals surface area (Å²) in [6, 6.07) is 6.52. The van der Waals surface area contributed by atoms with Gasteiger partial charge in [-0.25, -0.2) is 8.78 Å². The molecule has 0 spiro atoms. The first-order chi connectivity index (χ1) is 9.35. The fourth-order valence-corrected chi connectivity index (χ4v) is 3.32. The van der Waals surface area contributed by atoms with Gasteiger partial charge in [0.1, 0.15) is 11.6 Å². The van der Waals surface area contributed by atoms with E-state index in [0.717, 1.165) is 16.0 Å². The molecule has 0 aliphatic carbocycles. The molecule has 20 heavy (non-hydrogen) atoms. The van der Waals surface area contributed by atoms with Crippen LogP contribution >= 0.6 is 23.1 Å². The van der Waals surface area contributed by atoms with Crippen LogP contribution in [0.4, 0.5) is 8.78 Å². The van der Waals surface area contributed by atoms with Crippen molar-refractivity contribution in [2.45, 2.75) is 42.0 Å². The van der Waals surface area contributed by atoms with Crippen LogP contribution in [0.15, 0.2) is 38.8 Å². The van der Waals surface area contributed by atoms with Gasteiger partial charge in [-0.2, -0.15) is 0 Å². The lowest BCUT2D eigenvalue weighted by Gasteiger charge is -2.20. The van der Waals surface area contributed by atoms with Crippen LogP contribution in [0.25, 0.3) is 0 Å². The molecule has 0 fully saturated rings. The van der Waals surface area contributed by atoms with E-state index >= 15 is 0 Å². The number of hydrogen-bond donors (Lipinski definition) is 1. The zero-order valence-corrected chi connectivity index (χ0v) is 13.3. The molecule has 2 aromatic rings. The summed E-state index contributed by atoms with van der Waals surface area (Å²) < 4.78 is 29.0. The number of rotatable bonds is 4. The van der Waals surface area contributed by atoms with Gasteiger partial charge in [-0.05, 0) is 49.9 Å². The minimum Gasteiger partial charge on any atom is -0.308 e. The fourth-order valence-electron chi connectivity index (χ4n) is 1.60. The summed E-state index contributed by atoms with van der Waals surface area (Å²) in [5, 5.41) is 5.11. The molecule has 5 heteroatoms. The highest BCUT2D eigenvalue weighted by Crippen LogP contribution is 2.35. The third-order valence-electron chi connectivity index (χ3n) is 2.58. The molecule has 0 bridgehead atoms. The molecule has 0 amide bonds. The Morgan fingerprint density at radius 3 is 2.35 bits per heavy atom. The smallest absolute Gasteiger partial charge is 0.140 e. The Balaban J connectivity index is 2.16. The molecule has 1 nitrogen and oxygen atoms in total.